The van der Waals surface area contributed by atoms with Gasteiger partial charge in [-0.25, -0.2) is 8.78 Å². The molecule has 0 aliphatic rings. The SMILES string of the molecule is CNC(CSc1ccccc1Cl)Cc1ccc(F)cc1F. The van der Waals surface area contributed by atoms with Gasteiger partial charge < -0.3 is 5.32 Å². The molecular weight excluding hydrogens is 312 g/mol. The number of hydrogen-bond donors (Lipinski definition) is 1. The molecule has 0 heterocycles. The summed E-state index contributed by atoms with van der Waals surface area (Å²) >= 11 is 7.73. The monoisotopic (exact) mass is 327 g/mol. The maximum Gasteiger partial charge on any atom is 0.129 e. The molecule has 0 aliphatic heterocycles. The van der Waals surface area contributed by atoms with Crippen LogP contribution in [0.4, 0.5) is 8.78 Å². The summed E-state index contributed by atoms with van der Waals surface area (Å²) in [7, 11) is 1.83. The van der Waals surface area contributed by atoms with E-state index in [4.69, 9.17) is 11.6 Å². The molecule has 1 nitrogen and oxygen atoms in total. The smallest absolute Gasteiger partial charge is 0.129 e. The van der Waals surface area contributed by atoms with Gasteiger partial charge >= 0.3 is 0 Å². The van der Waals surface area contributed by atoms with Crippen molar-refractivity contribution in [3.05, 3.63) is 64.7 Å². The van der Waals surface area contributed by atoms with E-state index in [0.717, 1.165) is 16.7 Å². The summed E-state index contributed by atoms with van der Waals surface area (Å²) in [4.78, 5) is 0.999. The van der Waals surface area contributed by atoms with Gasteiger partial charge in [0.25, 0.3) is 0 Å². The van der Waals surface area contributed by atoms with Crippen LogP contribution in [0.25, 0.3) is 0 Å². The maximum atomic E-state index is 13.7. The van der Waals surface area contributed by atoms with Gasteiger partial charge in [0.05, 0.1) is 5.02 Å². The first-order valence-corrected chi connectivity index (χ1v) is 7.95. The lowest BCUT2D eigenvalue weighted by molar-refractivity contribution is 0.550. The summed E-state index contributed by atoms with van der Waals surface area (Å²) in [5.74, 6) is -0.308. The molecule has 5 heteroatoms. The van der Waals surface area contributed by atoms with Gasteiger partial charge in [-0.15, -0.1) is 11.8 Å². The molecule has 0 saturated heterocycles. The second kappa shape index (κ2) is 7.78. The molecule has 0 bridgehead atoms. The first-order valence-electron chi connectivity index (χ1n) is 6.58. The molecule has 0 aliphatic carbocycles. The lowest BCUT2D eigenvalue weighted by atomic mass is 10.1. The van der Waals surface area contributed by atoms with Crippen LogP contribution in [0.5, 0.6) is 0 Å². The zero-order valence-electron chi connectivity index (χ0n) is 11.6. The van der Waals surface area contributed by atoms with Gasteiger partial charge in [-0.3, -0.25) is 0 Å². The second-order valence-corrected chi connectivity index (χ2v) is 6.14. The third kappa shape index (κ3) is 4.70. The standard InChI is InChI=1S/C16H16ClF2NS/c1-20-13(8-11-6-7-12(18)9-15(11)19)10-21-16-5-3-2-4-14(16)17/h2-7,9,13,20H,8,10H2,1H3. The molecule has 0 radical (unpaired) electrons. The lowest BCUT2D eigenvalue weighted by Gasteiger charge is -2.16. The van der Waals surface area contributed by atoms with E-state index in [0.29, 0.717) is 17.0 Å². The summed E-state index contributed by atoms with van der Waals surface area (Å²) in [5.41, 5.74) is 0.510. The Bertz CT molecular complexity index is 607. The van der Waals surface area contributed by atoms with Crippen LogP contribution < -0.4 is 5.32 Å². The molecule has 0 spiro atoms. The van der Waals surface area contributed by atoms with E-state index in [9.17, 15) is 8.78 Å². The van der Waals surface area contributed by atoms with Crippen molar-refractivity contribution < 1.29 is 8.78 Å². The molecule has 2 aromatic carbocycles. The van der Waals surface area contributed by atoms with Crippen LogP contribution in [0.3, 0.4) is 0 Å². The zero-order chi connectivity index (χ0) is 15.2. The average molecular weight is 328 g/mol. The molecule has 0 aromatic heterocycles. The first kappa shape index (κ1) is 16.3. The van der Waals surface area contributed by atoms with Gasteiger partial charge in [0.2, 0.25) is 0 Å². The van der Waals surface area contributed by atoms with Gasteiger partial charge in [-0.1, -0.05) is 29.8 Å². The molecule has 112 valence electrons. The average Bonchev–Trinajstić information content (AvgIpc) is 2.47. The Balaban J connectivity index is 1.99. The summed E-state index contributed by atoms with van der Waals surface area (Å²) in [6, 6.07) is 11.4. The Kier molecular flexibility index (Phi) is 6.03. The van der Waals surface area contributed by atoms with Crippen molar-refractivity contribution in [2.75, 3.05) is 12.8 Å². The summed E-state index contributed by atoms with van der Waals surface area (Å²) in [5, 5.41) is 3.87. The van der Waals surface area contributed by atoms with Crippen LogP contribution >= 0.6 is 23.4 Å². The van der Waals surface area contributed by atoms with Crippen LogP contribution in [0.1, 0.15) is 5.56 Å². The van der Waals surface area contributed by atoms with Crippen LogP contribution in [-0.4, -0.2) is 18.8 Å². The molecule has 2 aromatic rings. The number of likely N-dealkylation sites (N-methyl/N-ethyl adjacent to an activating group) is 1. The van der Waals surface area contributed by atoms with E-state index in [-0.39, 0.29) is 6.04 Å². The largest absolute Gasteiger partial charge is 0.316 e. The van der Waals surface area contributed by atoms with Crippen LogP contribution in [-0.2, 0) is 6.42 Å². The highest BCUT2D eigenvalue weighted by atomic mass is 35.5. The van der Waals surface area contributed by atoms with Crippen molar-refractivity contribution in [1.29, 1.82) is 0 Å². The predicted molar refractivity (Wildman–Crippen MR) is 85.1 cm³/mol. The Morgan fingerprint density at radius 3 is 2.62 bits per heavy atom. The number of rotatable bonds is 6. The van der Waals surface area contributed by atoms with Gasteiger partial charge in [0, 0.05) is 22.8 Å². The molecule has 21 heavy (non-hydrogen) atoms. The molecule has 0 saturated carbocycles. The molecule has 1 unspecified atom stereocenters. The van der Waals surface area contributed by atoms with Gasteiger partial charge in [0.15, 0.2) is 0 Å². The third-order valence-corrected chi connectivity index (χ3v) is 4.84. The third-order valence-electron chi connectivity index (χ3n) is 3.17. The minimum atomic E-state index is -0.553. The van der Waals surface area contributed by atoms with Crippen molar-refractivity contribution in [1.82, 2.24) is 5.32 Å². The van der Waals surface area contributed by atoms with Crippen molar-refractivity contribution in [2.24, 2.45) is 0 Å². The molecule has 0 amide bonds. The fourth-order valence-corrected chi connectivity index (χ4v) is 3.29. The normalized spacial score (nSPS) is 12.4. The fourth-order valence-electron chi connectivity index (χ4n) is 1.95. The Morgan fingerprint density at radius 1 is 1.19 bits per heavy atom. The van der Waals surface area contributed by atoms with Crippen molar-refractivity contribution in [2.45, 2.75) is 17.4 Å². The number of thioether (sulfide) groups is 1. The van der Waals surface area contributed by atoms with Crippen LogP contribution in [0.2, 0.25) is 5.02 Å². The van der Waals surface area contributed by atoms with Gasteiger partial charge in [0.1, 0.15) is 11.6 Å². The Morgan fingerprint density at radius 2 is 1.95 bits per heavy atom. The quantitative estimate of drug-likeness (QED) is 0.782. The Hall–Kier alpha value is -1.10. The Labute approximate surface area is 132 Å². The highest BCUT2D eigenvalue weighted by molar-refractivity contribution is 7.99. The maximum absolute atomic E-state index is 13.7. The summed E-state index contributed by atoms with van der Waals surface area (Å²) in [6.45, 7) is 0. The van der Waals surface area contributed by atoms with Crippen molar-refractivity contribution >= 4 is 23.4 Å². The predicted octanol–water partition coefficient (Wildman–Crippen LogP) is 4.54. The molecule has 1 N–H and O–H groups in total. The van der Waals surface area contributed by atoms with E-state index in [1.165, 1.54) is 12.1 Å². The van der Waals surface area contributed by atoms with E-state index in [1.54, 1.807) is 11.8 Å². The molecule has 0 fully saturated rings. The number of hydrogen-bond acceptors (Lipinski definition) is 2. The highest BCUT2D eigenvalue weighted by Gasteiger charge is 2.12. The highest BCUT2D eigenvalue weighted by Crippen LogP contribution is 2.27. The van der Waals surface area contributed by atoms with Crippen molar-refractivity contribution in [3.8, 4) is 0 Å². The fraction of sp³-hybridized carbons (Fsp3) is 0.250. The topological polar surface area (TPSA) is 12.0 Å². The van der Waals surface area contributed by atoms with Crippen molar-refractivity contribution in [3.63, 3.8) is 0 Å². The van der Waals surface area contributed by atoms with Crippen LogP contribution in [0, 0.1) is 11.6 Å². The summed E-state index contributed by atoms with van der Waals surface area (Å²) < 4.78 is 26.6. The molecular formula is C16H16ClF2NS. The number of nitrogens with one attached hydrogen (secondary N) is 1. The van der Waals surface area contributed by atoms with E-state index >= 15 is 0 Å². The number of halogens is 3. The molecule has 1 atom stereocenters. The van der Waals surface area contributed by atoms with Crippen LogP contribution in [0.15, 0.2) is 47.4 Å². The van der Waals surface area contributed by atoms with Gasteiger partial charge in [-0.05, 0) is 37.2 Å². The van der Waals surface area contributed by atoms with E-state index in [2.05, 4.69) is 5.32 Å². The first-order chi connectivity index (χ1) is 10.1. The van der Waals surface area contributed by atoms with E-state index < -0.39 is 11.6 Å². The minimum Gasteiger partial charge on any atom is -0.316 e. The van der Waals surface area contributed by atoms with Gasteiger partial charge in [-0.2, -0.15) is 0 Å². The zero-order valence-corrected chi connectivity index (χ0v) is 13.1. The number of benzene rings is 2. The molecule has 2 rings (SSSR count). The summed E-state index contributed by atoms with van der Waals surface area (Å²) in [6.07, 6.45) is 0.500. The van der Waals surface area contributed by atoms with E-state index in [1.807, 2.05) is 31.3 Å². The second-order valence-electron chi connectivity index (χ2n) is 4.67. The lowest BCUT2D eigenvalue weighted by Crippen LogP contribution is -2.30. The minimum absolute atomic E-state index is 0.0752.